The highest BCUT2D eigenvalue weighted by Gasteiger charge is 2.25. The van der Waals surface area contributed by atoms with Gasteiger partial charge >= 0.3 is 0 Å². The van der Waals surface area contributed by atoms with Crippen molar-refractivity contribution in [1.82, 2.24) is 14.1 Å². The molecule has 1 fully saturated rings. The van der Waals surface area contributed by atoms with Crippen LogP contribution >= 0.6 is 0 Å². The number of carbonyl (C=O) groups is 1. The van der Waals surface area contributed by atoms with Gasteiger partial charge in [0, 0.05) is 25.6 Å². The molecule has 1 aromatic heterocycles. The van der Waals surface area contributed by atoms with E-state index < -0.39 is 10.0 Å². The number of anilines is 1. The second-order valence-corrected chi connectivity index (χ2v) is 9.40. The van der Waals surface area contributed by atoms with Gasteiger partial charge in [-0.05, 0) is 43.9 Å². The average molecular weight is 430 g/mol. The van der Waals surface area contributed by atoms with Crippen LogP contribution in [0.4, 0.5) is 5.82 Å². The maximum atomic E-state index is 12.7. The van der Waals surface area contributed by atoms with Crippen molar-refractivity contribution in [2.75, 3.05) is 18.4 Å². The number of aromatic nitrogens is 2. The summed E-state index contributed by atoms with van der Waals surface area (Å²) in [5.41, 5.74) is 1.67. The lowest BCUT2D eigenvalue weighted by atomic mass is 10.1. The molecule has 1 aromatic carbocycles. The third-order valence-corrected chi connectivity index (χ3v) is 7.03. The van der Waals surface area contributed by atoms with E-state index in [4.69, 9.17) is 5.26 Å². The zero-order valence-electron chi connectivity index (χ0n) is 17.2. The molecule has 0 atom stereocenters. The summed E-state index contributed by atoms with van der Waals surface area (Å²) in [4.78, 5) is 12.6. The van der Waals surface area contributed by atoms with Crippen LogP contribution in [0.1, 0.15) is 43.4 Å². The highest BCUT2D eigenvalue weighted by Crippen LogP contribution is 2.21. The molecule has 0 aliphatic carbocycles. The molecule has 1 amide bonds. The standard InChI is InChI=1S/C21H27N5O3S/c1-17-16-20(26(24-17)15-5-12-22)23-21(27)11-8-18-6-9-19(10-7-18)30(28,29)25-13-3-2-4-14-25/h6-7,9-10,16H,2-5,8,11,13-15H2,1H3,(H,23,27). The summed E-state index contributed by atoms with van der Waals surface area (Å²) in [7, 11) is -3.44. The van der Waals surface area contributed by atoms with Crippen molar-refractivity contribution in [3.05, 3.63) is 41.6 Å². The summed E-state index contributed by atoms with van der Waals surface area (Å²) < 4.78 is 28.6. The van der Waals surface area contributed by atoms with E-state index in [0.29, 0.717) is 43.2 Å². The fourth-order valence-electron chi connectivity index (χ4n) is 3.52. The minimum atomic E-state index is -3.44. The SMILES string of the molecule is Cc1cc(NC(=O)CCc2ccc(S(=O)(=O)N3CCCCC3)cc2)n(CCC#N)n1. The summed E-state index contributed by atoms with van der Waals surface area (Å²) >= 11 is 0. The van der Waals surface area contributed by atoms with Crippen LogP contribution in [0.2, 0.25) is 0 Å². The molecule has 0 saturated carbocycles. The van der Waals surface area contributed by atoms with Gasteiger partial charge in [-0.15, -0.1) is 0 Å². The summed E-state index contributed by atoms with van der Waals surface area (Å²) in [5.74, 6) is 0.425. The van der Waals surface area contributed by atoms with Crippen LogP contribution in [0.15, 0.2) is 35.2 Å². The highest BCUT2D eigenvalue weighted by atomic mass is 32.2. The van der Waals surface area contributed by atoms with E-state index in [1.54, 1.807) is 39.3 Å². The van der Waals surface area contributed by atoms with Gasteiger partial charge in [-0.1, -0.05) is 18.6 Å². The van der Waals surface area contributed by atoms with Crippen LogP contribution in [0, 0.1) is 18.3 Å². The zero-order chi connectivity index (χ0) is 21.6. The molecule has 1 N–H and O–H groups in total. The molecule has 1 saturated heterocycles. The van der Waals surface area contributed by atoms with E-state index in [-0.39, 0.29) is 12.3 Å². The number of nitrogens with one attached hydrogen (secondary N) is 1. The first kappa shape index (κ1) is 22.0. The number of hydrogen-bond donors (Lipinski definition) is 1. The quantitative estimate of drug-likeness (QED) is 0.694. The fraction of sp³-hybridized carbons (Fsp3) is 0.476. The number of hydrogen-bond acceptors (Lipinski definition) is 5. The highest BCUT2D eigenvalue weighted by molar-refractivity contribution is 7.89. The van der Waals surface area contributed by atoms with Crippen molar-refractivity contribution in [3.63, 3.8) is 0 Å². The summed E-state index contributed by atoms with van der Waals surface area (Å²) in [6.07, 6.45) is 3.97. The molecule has 2 aromatic rings. The normalized spacial score (nSPS) is 14.9. The third-order valence-electron chi connectivity index (χ3n) is 5.12. The lowest BCUT2D eigenvalue weighted by Crippen LogP contribution is -2.35. The Morgan fingerprint density at radius 3 is 2.57 bits per heavy atom. The molecular weight excluding hydrogens is 402 g/mol. The van der Waals surface area contributed by atoms with Crippen LogP contribution in [0.5, 0.6) is 0 Å². The second-order valence-electron chi connectivity index (χ2n) is 7.46. The Kier molecular flexibility index (Phi) is 7.24. The molecule has 3 rings (SSSR count). The predicted molar refractivity (Wildman–Crippen MR) is 113 cm³/mol. The van der Waals surface area contributed by atoms with Gasteiger partial charge < -0.3 is 5.32 Å². The number of nitriles is 1. The van der Waals surface area contributed by atoms with Crippen LogP contribution in [-0.2, 0) is 27.8 Å². The number of nitrogens with zero attached hydrogens (tertiary/aromatic N) is 4. The van der Waals surface area contributed by atoms with E-state index in [0.717, 1.165) is 30.5 Å². The number of piperidine rings is 1. The first-order chi connectivity index (χ1) is 14.4. The number of amides is 1. The Bertz CT molecular complexity index is 1020. The number of aryl methyl sites for hydroxylation is 3. The first-order valence-corrected chi connectivity index (χ1v) is 11.6. The first-order valence-electron chi connectivity index (χ1n) is 10.2. The van der Waals surface area contributed by atoms with Gasteiger partial charge in [0.15, 0.2) is 0 Å². The molecule has 2 heterocycles. The Hall–Kier alpha value is -2.70. The monoisotopic (exact) mass is 429 g/mol. The van der Waals surface area contributed by atoms with Crippen molar-refractivity contribution in [2.45, 2.75) is 56.9 Å². The summed E-state index contributed by atoms with van der Waals surface area (Å²) in [5, 5.41) is 15.9. The maximum absolute atomic E-state index is 12.7. The van der Waals surface area contributed by atoms with Crippen LogP contribution < -0.4 is 5.32 Å². The van der Waals surface area contributed by atoms with Crippen molar-refractivity contribution in [3.8, 4) is 6.07 Å². The topological polar surface area (TPSA) is 108 Å². The largest absolute Gasteiger partial charge is 0.311 e. The molecule has 0 spiro atoms. The predicted octanol–water partition coefficient (Wildman–Crippen LogP) is 2.85. The maximum Gasteiger partial charge on any atom is 0.243 e. The second kappa shape index (κ2) is 9.87. The van der Waals surface area contributed by atoms with Crippen LogP contribution in [0.3, 0.4) is 0 Å². The molecule has 8 nitrogen and oxygen atoms in total. The summed E-state index contributed by atoms with van der Waals surface area (Å²) in [6, 6.07) is 10.6. The molecule has 1 aliphatic heterocycles. The lowest BCUT2D eigenvalue weighted by Gasteiger charge is -2.25. The Morgan fingerprint density at radius 2 is 1.90 bits per heavy atom. The van der Waals surface area contributed by atoms with Crippen LogP contribution in [-0.4, -0.2) is 41.5 Å². The average Bonchev–Trinajstić information content (AvgIpc) is 3.10. The van der Waals surface area contributed by atoms with Gasteiger partial charge in [0.2, 0.25) is 15.9 Å². The Morgan fingerprint density at radius 1 is 1.20 bits per heavy atom. The van der Waals surface area contributed by atoms with Gasteiger partial charge in [0.25, 0.3) is 0 Å². The Labute approximate surface area is 177 Å². The van der Waals surface area contributed by atoms with E-state index in [2.05, 4.69) is 16.5 Å². The number of sulfonamides is 1. The minimum absolute atomic E-state index is 0.155. The Balaban J connectivity index is 1.56. The number of benzene rings is 1. The van der Waals surface area contributed by atoms with Gasteiger partial charge in [0.1, 0.15) is 5.82 Å². The van der Waals surface area contributed by atoms with Gasteiger partial charge in [-0.25, -0.2) is 13.1 Å². The van der Waals surface area contributed by atoms with E-state index in [9.17, 15) is 13.2 Å². The fourth-order valence-corrected chi connectivity index (χ4v) is 5.04. The van der Waals surface area contributed by atoms with E-state index in [1.807, 2.05) is 6.92 Å². The van der Waals surface area contributed by atoms with Gasteiger partial charge in [-0.3, -0.25) is 4.79 Å². The molecule has 0 bridgehead atoms. The van der Waals surface area contributed by atoms with Gasteiger partial charge in [-0.2, -0.15) is 14.7 Å². The molecular formula is C21H27N5O3S. The zero-order valence-corrected chi connectivity index (χ0v) is 18.0. The van der Waals surface area contributed by atoms with Crippen molar-refractivity contribution < 1.29 is 13.2 Å². The van der Waals surface area contributed by atoms with Crippen LogP contribution in [0.25, 0.3) is 0 Å². The number of rotatable bonds is 8. The third kappa shape index (κ3) is 5.46. The number of carbonyl (C=O) groups excluding carboxylic acids is 1. The minimum Gasteiger partial charge on any atom is -0.311 e. The lowest BCUT2D eigenvalue weighted by molar-refractivity contribution is -0.116. The van der Waals surface area contributed by atoms with Crippen molar-refractivity contribution in [2.24, 2.45) is 0 Å². The van der Waals surface area contributed by atoms with E-state index >= 15 is 0 Å². The smallest absolute Gasteiger partial charge is 0.243 e. The molecule has 160 valence electrons. The van der Waals surface area contributed by atoms with Crippen molar-refractivity contribution in [1.29, 1.82) is 5.26 Å². The van der Waals surface area contributed by atoms with E-state index in [1.165, 1.54) is 0 Å². The molecule has 1 aliphatic rings. The van der Waals surface area contributed by atoms with Crippen molar-refractivity contribution >= 4 is 21.7 Å². The van der Waals surface area contributed by atoms with Gasteiger partial charge in [0.05, 0.1) is 29.6 Å². The molecule has 0 radical (unpaired) electrons. The molecule has 9 heteroatoms. The molecule has 30 heavy (non-hydrogen) atoms. The molecule has 0 unspecified atom stereocenters. The summed E-state index contributed by atoms with van der Waals surface area (Å²) in [6.45, 7) is 3.41.